The van der Waals surface area contributed by atoms with Crippen LogP contribution < -0.4 is 5.32 Å². The molecule has 0 saturated carbocycles. The van der Waals surface area contributed by atoms with Crippen LogP contribution in [0.2, 0.25) is 0 Å². The van der Waals surface area contributed by atoms with Gasteiger partial charge in [0.05, 0.1) is 6.10 Å². The van der Waals surface area contributed by atoms with Gasteiger partial charge in [-0.1, -0.05) is 31.9 Å². The van der Waals surface area contributed by atoms with Crippen molar-refractivity contribution in [3.63, 3.8) is 0 Å². The molecule has 1 aromatic carbocycles. The highest BCUT2D eigenvalue weighted by atomic mass is 16.5. The fourth-order valence-corrected chi connectivity index (χ4v) is 1.93. The molecule has 102 valence electrons. The number of aryl methyl sites for hydroxylation is 1. The first kappa shape index (κ1) is 15.0. The Morgan fingerprint density at radius 3 is 2.33 bits per heavy atom. The zero-order chi connectivity index (χ0) is 13.4. The summed E-state index contributed by atoms with van der Waals surface area (Å²) in [5.41, 5.74) is 2.60. The third-order valence-electron chi connectivity index (χ3n) is 3.49. The molecule has 0 heterocycles. The quantitative estimate of drug-likeness (QED) is 0.695. The molecule has 0 fully saturated rings. The van der Waals surface area contributed by atoms with Gasteiger partial charge in [-0.25, -0.2) is 0 Å². The zero-order valence-electron chi connectivity index (χ0n) is 12.2. The van der Waals surface area contributed by atoms with Crippen LogP contribution in [-0.2, 0) is 11.2 Å². The molecular weight excluding hydrogens is 222 g/mol. The van der Waals surface area contributed by atoms with Crippen LogP contribution in [0.3, 0.4) is 0 Å². The highest BCUT2D eigenvalue weighted by Crippen LogP contribution is 2.14. The Bertz CT molecular complexity index is 320. The number of hydrogen-bond donors (Lipinski definition) is 1. The number of nitrogens with one attached hydrogen (secondary N) is 1. The molecular formula is C16H27NO. The summed E-state index contributed by atoms with van der Waals surface area (Å²) < 4.78 is 5.31. The SMILES string of the molecule is CCCCCc1ccc(NC(C)C(C)OC)cc1. The maximum Gasteiger partial charge on any atom is 0.0741 e. The number of rotatable bonds is 8. The van der Waals surface area contributed by atoms with Gasteiger partial charge in [0.15, 0.2) is 0 Å². The van der Waals surface area contributed by atoms with Gasteiger partial charge in [-0.05, 0) is 44.4 Å². The lowest BCUT2D eigenvalue weighted by Gasteiger charge is -2.21. The van der Waals surface area contributed by atoms with Gasteiger partial charge >= 0.3 is 0 Å². The maximum atomic E-state index is 5.31. The van der Waals surface area contributed by atoms with Crippen molar-refractivity contribution in [3.8, 4) is 0 Å². The van der Waals surface area contributed by atoms with E-state index in [-0.39, 0.29) is 6.10 Å². The van der Waals surface area contributed by atoms with E-state index >= 15 is 0 Å². The molecule has 0 bridgehead atoms. The molecule has 0 saturated heterocycles. The molecule has 0 aliphatic heterocycles. The van der Waals surface area contributed by atoms with Gasteiger partial charge < -0.3 is 10.1 Å². The molecule has 0 spiro atoms. The third-order valence-corrected chi connectivity index (χ3v) is 3.49. The van der Waals surface area contributed by atoms with Crippen molar-refractivity contribution >= 4 is 5.69 Å². The molecule has 2 unspecified atom stereocenters. The van der Waals surface area contributed by atoms with Gasteiger partial charge in [0.1, 0.15) is 0 Å². The summed E-state index contributed by atoms with van der Waals surface area (Å²) >= 11 is 0. The van der Waals surface area contributed by atoms with E-state index in [2.05, 4.69) is 50.4 Å². The second-order valence-electron chi connectivity index (χ2n) is 5.03. The van der Waals surface area contributed by atoms with Crippen LogP contribution in [0.5, 0.6) is 0 Å². The fourth-order valence-electron chi connectivity index (χ4n) is 1.93. The van der Waals surface area contributed by atoms with E-state index in [0.717, 1.165) is 0 Å². The predicted molar refractivity (Wildman–Crippen MR) is 79.2 cm³/mol. The minimum atomic E-state index is 0.217. The minimum Gasteiger partial charge on any atom is -0.380 e. The van der Waals surface area contributed by atoms with Gasteiger partial charge in [-0.3, -0.25) is 0 Å². The van der Waals surface area contributed by atoms with E-state index in [4.69, 9.17) is 4.74 Å². The van der Waals surface area contributed by atoms with E-state index in [1.807, 2.05) is 0 Å². The average Bonchev–Trinajstić information content (AvgIpc) is 2.40. The summed E-state index contributed by atoms with van der Waals surface area (Å²) in [6.45, 7) is 6.46. The molecule has 1 N–H and O–H groups in total. The fraction of sp³-hybridized carbons (Fsp3) is 0.625. The van der Waals surface area contributed by atoms with E-state index in [1.54, 1.807) is 7.11 Å². The maximum absolute atomic E-state index is 5.31. The molecule has 1 rings (SSSR count). The van der Waals surface area contributed by atoms with Crippen molar-refractivity contribution < 1.29 is 4.74 Å². The van der Waals surface area contributed by atoms with Crippen molar-refractivity contribution in [1.82, 2.24) is 0 Å². The molecule has 2 atom stereocenters. The molecule has 0 radical (unpaired) electrons. The Labute approximate surface area is 112 Å². The topological polar surface area (TPSA) is 21.3 Å². The van der Waals surface area contributed by atoms with Crippen LogP contribution in [0.15, 0.2) is 24.3 Å². The summed E-state index contributed by atoms with van der Waals surface area (Å²) in [7, 11) is 1.75. The number of unbranched alkanes of at least 4 members (excludes halogenated alkanes) is 2. The summed E-state index contributed by atoms with van der Waals surface area (Å²) in [5.74, 6) is 0. The van der Waals surface area contributed by atoms with Crippen LogP contribution in [0, 0.1) is 0 Å². The van der Waals surface area contributed by atoms with Gasteiger partial charge in [0.2, 0.25) is 0 Å². The molecule has 0 aromatic heterocycles. The van der Waals surface area contributed by atoms with E-state index < -0.39 is 0 Å². The van der Waals surface area contributed by atoms with E-state index in [1.165, 1.54) is 36.9 Å². The van der Waals surface area contributed by atoms with Crippen molar-refractivity contribution in [3.05, 3.63) is 29.8 Å². The Balaban J connectivity index is 2.44. The predicted octanol–water partition coefficient (Wildman–Crippen LogP) is 4.25. The third kappa shape index (κ3) is 5.09. The first-order valence-electron chi connectivity index (χ1n) is 7.05. The highest BCUT2D eigenvalue weighted by Gasteiger charge is 2.10. The van der Waals surface area contributed by atoms with Crippen molar-refractivity contribution in [1.29, 1.82) is 0 Å². The molecule has 2 nitrogen and oxygen atoms in total. The molecule has 2 heteroatoms. The first-order valence-corrected chi connectivity index (χ1v) is 7.05. The minimum absolute atomic E-state index is 0.217. The molecule has 0 amide bonds. The van der Waals surface area contributed by atoms with Crippen molar-refractivity contribution in [2.45, 2.75) is 58.6 Å². The monoisotopic (exact) mass is 249 g/mol. The zero-order valence-corrected chi connectivity index (χ0v) is 12.2. The van der Waals surface area contributed by atoms with Gasteiger partial charge in [0, 0.05) is 18.8 Å². The van der Waals surface area contributed by atoms with Crippen LogP contribution in [-0.4, -0.2) is 19.3 Å². The Hall–Kier alpha value is -1.02. The lowest BCUT2D eigenvalue weighted by atomic mass is 10.1. The lowest BCUT2D eigenvalue weighted by Crippen LogP contribution is -2.29. The second-order valence-corrected chi connectivity index (χ2v) is 5.03. The number of benzene rings is 1. The molecule has 18 heavy (non-hydrogen) atoms. The largest absolute Gasteiger partial charge is 0.380 e. The smallest absolute Gasteiger partial charge is 0.0741 e. The van der Waals surface area contributed by atoms with Crippen LogP contribution in [0.1, 0.15) is 45.6 Å². The first-order chi connectivity index (χ1) is 8.67. The summed E-state index contributed by atoms with van der Waals surface area (Å²) in [4.78, 5) is 0. The number of anilines is 1. The average molecular weight is 249 g/mol. The van der Waals surface area contributed by atoms with Gasteiger partial charge in [-0.2, -0.15) is 0 Å². The Morgan fingerprint density at radius 1 is 1.11 bits per heavy atom. The van der Waals surface area contributed by atoms with Crippen LogP contribution in [0.4, 0.5) is 5.69 Å². The van der Waals surface area contributed by atoms with Crippen LogP contribution >= 0.6 is 0 Å². The lowest BCUT2D eigenvalue weighted by molar-refractivity contribution is 0.106. The Morgan fingerprint density at radius 2 is 1.78 bits per heavy atom. The number of hydrogen-bond acceptors (Lipinski definition) is 2. The molecule has 1 aromatic rings. The van der Waals surface area contributed by atoms with Crippen molar-refractivity contribution in [2.75, 3.05) is 12.4 Å². The number of methoxy groups -OCH3 is 1. The highest BCUT2D eigenvalue weighted by molar-refractivity contribution is 5.45. The standard InChI is InChI=1S/C16H27NO/c1-5-6-7-8-15-9-11-16(12-10-15)17-13(2)14(3)18-4/h9-14,17H,5-8H2,1-4H3. The molecule has 0 aliphatic carbocycles. The van der Waals surface area contributed by atoms with E-state index in [0.29, 0.717) is 6.04 Å². The summed E-state index contributed by atoms with van der Waals surface area (Å²) in [5, 5.41) is 3.46. The van der Waals surface area contributed by atoms with Crippen LogP contribution in [0.25, 0.3) is 0 Å². The number of ether oxygens (including phenoxy) is 1. The van der Waals surface area contributed by atoms with Crippen molar-refractivity contribution in [2.24, 2.45) is 0 Å². The molecule has 0 aliphatic rings. The van der Waals surface area contributed by atoms with Gasteiger partial charge in [0.25, 0.3) is 0 Å². The summed E-state index contributed by atoms with van der Waals surface area (Å²) in [6, 6.07) is 9.10. The normalized spacial score (nSPS) is 14.2. The van der Waals surface area contributed by atoms with E-state index in [9.17, 15) is 0 Å². The summed E-state index contributed by atoms with van der Waals surface area (Å²) in [6.07, 6.45) is 5.31. The Kier molecular flexibility index (Phi) is 6.81. The van der Waals surface area contributed by atoms with Gasteiger partial charge in [-0.15, -0.1) is 0 Å². The second kappa shape index (κ2) is 8.15.